The van der Waals surface area contributed by atoms with Gasteiger partial charge in [-0.25, -0.2) is 19.1 Å². The standard InChI is InChI=1S/C10H9N3O4/c1-17-9(14)12-8-11-6-4-2-3-5-7(6)13(8)10(15)16/h2-5H,1H3,(H,15,16)(H,11,12,14). The van der Waals surface area contributed by atoms with Gasteiger partial charge >= 0.3 is 12.2 Å². The zero-order chi connectivity index (χ0) is 12.4. The third kappa shape index (κ3) is 1.89. The Morgan fingerprint density at radius 1 is 1.41 bits per heavy atom. The number of carbonyl (C=O) groups excluding carboxylic acids is 1. The quantitative estimate of drug-likeness (QED) is 0.785. The summed E-state index contributed by atoms with van der Waals surface area (Å²) in [5.74, 6) is -0.0921. The van der Waals surface area contributed by atoms with Crippen LogP contribution in [0, 0.1) is 0 Å². The predicted octanol–water partition coefficient (Wildman–Crippen LogP) is 1.74. The fraction of sp³-hybridized carbons (Fsp3) is 0.100. The lowest BCUT2D eigenvalue weighted by atomic mass is 10.3. The number of nitrogens with zero attached hydrogens (tertiary/aromatic N) is 2. The Kier molecular flexibility index (Phi) is 2.65. The summed E-state index contributed by atoms with van der Waals surface area (Å²) in [7, 11) is 1.18. The second kappa shape index (κ2) is 4.12. The zero-order valence-electron chi connectivity index (χ0n) is 8.88. The van der Waals surface area contributed by atoms with Gasteiger partial charge in [0.15, 0.2) is 0 Å². The first-order chi connectivity index (χ1) is 8.13. The minimum atomic E-state index is -1.23. The number of aromatic nitrogens is 2. The van der Waals surface area contributed by atoms with Crippen molar-refractivity contribution in [1.29, 1.82) is 0 Å². The number of carboxylic acid groups (broad SMARTS) is 1. The molecule has 2 rings (SSSR count). The van der Waals surface area contributed by atoms with Crippen LogP contribution in [0.1, 0.15) is 0 Å². The molecule has 0 fully saturated rings. The van der Waals surface area contributed by atoms with Gasteiger partial charge in [-0.1, -0.05) is 12.1 Å². The predicted molar refractivity (Wildman–Crippen MR) is 59.2 cm³/mol. The van der Waals surface area contributed by atoms with Crippen molar-refractivity contribution < 1.29 is 19.4 Å². The molecule has 0 saturated heterocycles. The number of imidazole rings is 1. The molecule has 1 aromatic carbocycles. The molecular weight excluding hydrogens is 226 g/mol. The average molecular weight is 235 g/mol. The lowest BCUT2D eigenvalue weighted by Gasteiger charge is -2.03. The van der Waals surface area contributed by atoms with Crippen LogP contribution < -0.4 is 5.32 Å². The highest BCUT2D eigenvalue weighted by molar-refractivity contribution is 5.93. The SMILES string of the molecule is COC(=O)Nc1nc2ccccc2n1C(=O)O. The summed E-state index contributed by atoms with van der Waals surface area (Å²) in [6.07, 6.45) is -2.01. The first kappa shape index (κ1) is 10.9. The normalized spacial score (nSPS) is 10.2. The van der Waals surface area contributed by atoms with Crippen molar-refractivity contribution in [3.05, 3.63) is 24.3 Å². The number of amides is 1. The van der Waals surface area contributed by atoms with E-state index < -0.39 is 12.2 Å². The molecule has 2 aromatic rings. The van der Waals surface area contributed by atoms with Crippen LogP contribution in [0.15, 0.2) is 24.3 Å². The summed E-state index contributed by atoms with van der Waals surface area (Å²) < 4.78 is 5.27. The van der Waals surface area contributed by atoms with E-state index in [-0.39, 0.29) is 5.95 Å². The molecular formula is C10H9N3O4. The van der Waals surface area contributed by atoms with Crippen molar-refractivity contribution in [2.45, 2.75) is 0 Å². The van der Waals surface area contributed by atoms with Crippen LogP contribution in [0.2, 0.25) is 0 Å². The summed E-state index contributed by atoms with van der Waals surface area (Å²) in [5, 5.41) is 11.3. The van der Waals surface area contributed by atoms with Gasteiger partial charge in [0, 0.05) is 0 Å². The number of hydrogen-bond donors (Lipinski definition) is 2. The molecule has 17 heavy (non-hydrogen) atoms. The molecule has 2 N–H and O–H groups in total. The molecule has 1 heterocycles. The number of anilines is 1. The van der Waals surface area contributed by atoms with Crippen molar-refractivity contribution in [3.8, 4) is 0 Å². The smallest absolute Gasteiger partial charge is 0.418 e. The van der Waals surface area contributed by atoms with Crippen LogP contribution in [0.25, 0.3) is 11.0 Å². The lowest BCUT2D eigenvalue weighted by molar-refractivity contribution is 0.186. The number of benzene rings is 1. The number of para-hydroxylation sites is 2. The monoisotopic (exact) mass is 235 g/mol. The van der Waals surface area contributed by atoms with E-state index >= 15 is 0 Å². The van der Waals surface area contributed by atoms with E-state index in [2.05, 4.69) is 15.0 Å². The Hall–Kier alpha value is -2.57. The van der Waals surface area contributed by atoms with Crippen molar-refractivity contribution in [2.75, 3.05) is 12.4 Å². The van der Waals surface area contributed by atoms with Crippen molar-refractivity contribution in [2.24, 2.45) is 0 Å². The maximum Gasteiger partial charge on any atom is 0.418 e. The highest BCUT2D eigenvalue weighted by atomic mass is 16.5. The fourth-order valence-corrected chi connectivity index (χ4v) is 1.45. The zero-order valence-corrected chi connectivity index (χ0v) is 8.88. The summed E-state index contributed by atoms with van der Waals surface area (Å²) in [6.45, 7) is 0. The number of fused-ring (bicyclic) bond motifs is 1. The number of carbonyl (C=O) groups is 2. The molecule has 0 aliphatic carbocycles. The molecule has 0 unspecified atom stereocenters. The maximum absolute atomic E-state index is 11.1. The van der Waals surface area contributed by atoms with Gasteiger partial charge in [0.1, 0.15) is 0 Å². The number of hydrogen-bond acceptors (Lipinski definition) is 4. The molecule has 0 saturated carbocycles. The first-order valence-electron chi connectivity index (χ1n) is 4.69. The summed E-state index contributed by atoms with van der Waals surface area (Å²) >= 11 is 0. The van der Waals surface area contributed by atoms with Crippen LogP contribution in [0.4, 0.5) is 15.5 Å². The molecule has 1 aromatic heterocycles. The van der Waals surface area contributed by atoms with Crippen molar-refractivity contribution in [3.63, 3.8) is 0 Å². The first-order valence-corrected chi connectivity index (χ1v) is 4.69. The molecule has 0 spiro atoms. The number of rotatable bonds is 1. The van der Waals surface area contributed by atoms with Gasteiger partial charge in [-0.3, -0.25) is 5.32 Å². The molecule has 7 heteroatoms. The Labute approximate surface area is 95.6 Å². The van der Waals surface area contributed by atoms with E-state index in [1.807, 2.05) is 0 Å². The topological polar surface area (TPSA) is 93.5 Å². The summed E-state index contributed by atoms with van der Waals surface area (Å²) in [5.41, 5.74) is 0.868. The Morgan fingerprint density at radius 3 is 2.76 bits per heavy atom. The number of nitrogens with one attached hydrogen (secondary N) is 1. The van der Waals surface area contributed by atoms with Crippen LogP contribution >= 0.6 is 0 Å². The highest BCUT2D eigenvalue weighted by Crippen LogP contribution is 2.19. The Balaban J connectivity index is 2.57. The minimum absolute atomic E-state index is 0.0921. The molecule has 0 bridgehead atoms. The molecule has 7 nitrogen and oxygen atoms in total. The van der Waals surface area contributed by atoms with Gasteiger partial charge in [0.2, 0.25) is 5.95 Å². The van der Waals surface area contributed by atoms with E-state index in [0.717, 1.165) is 4.57 Å². The molecule has 88 valence electrons. The van der Waals surface area contributed by atoms with E-state index in [1.165, 1.54) is 7.11 Å². The van der Waals surface area contributed by atoms with Crippen LogP contribution in [0.3, 0.4) is 0 Å². The van der Waals surface area contributed by atoms with Crippen LogP contribution in [0.5, 0.6) is 0 Å². The highest BCUT2D eigenvalue weighted by Gasteiger charge is 2.17. The molecule has 0 atom stereocenters. The average Bonchev–Trinajstić information content (AvgIpc) is 2.66. The second-order valence-corrected chi connectivity index (χ2v) is 3.16. The Bertz CT molecular complexity index is 590. The van der Waals surface area contributed by atoms with Gasteiger partial charge in [-0.15, -0.1) is 0 Å². The summed E-state index contributed by atoms with van der Waals surface area (Å²) in [6, 6.07) is 6.66. The largest absolute Gasteiger partial charge is 0.464 e. The van der Waals surface area contributed by atoms with Gasteiger partial charge < -0.3 is 9.84 Å². The van der Waals surface area contributed by atoms with E-state index in [9.17, 15) is 9.59 Å². The number of ether oxygens (including phenoxy) is 1. The molecule has 0 aliphatic heterocycles. The van der Waals surface area contributed by atoms with Gasteiger partial charge in [0.25, 0.3) is 0 Å². The lowest BCUT2D eigenvalue weighted by Crippen LogP contribution is -2.18. The molecule has 0 radical (unpaired) electrons. The fourth-order valence-electron chi connectivity index (χ4n) is 1.45. The van der Waals surface area contributed by atoms with Crippen molar-refractivity contribution >= 4 is 29.2 Å². The third-order valence-electron chi connectivity index (χ3n) is 2.15. The molecule has 0 aliphatic rings. The third-order valence-corrected chi connectivity index (χ3v) is 2.15. The molecule has 1 amide bonds. The van der Waals surface area contributed by atoms with E-state index in [0.29, 0.717) is 11.0 Å². The summed E-state index contributed by atoms with van der Waals surface area (Å²) in [4.78, 5) is 26.1. The minimum Gasteiger partial charge on any atom is -0.464 e. The van der Waals surface area contributed by atoms with Crippen molar-refractivity contribution in [1.82, 2.24) is 9.55 Å². The van der Waals surface area contributed by atoms with E-state index in [1.54, 1.807) is 24.3 Å². The van der Waals surface area contributed by atoms with Gasteiger partial charge in [0.05, 0.1) is 18.1 Å². The Morgan fingerprint density at radius 2 is 2.12 bits per heavy atom. The van der Waals surface area contributed by atoms with Crippen LogP contribution in [-0.2, 0) is 4.74 Å². The number of methoxy groups -OCH3 is 1. The van der Waals surface area contributed by atoms with Gasteiger partial charge in [-0.2, -0.15) is 0 Å². The van der Waals surface area contributed by atoms with Crippen LogP contribution in [-0.4, -0.2) is 34.0 Å². The second-order valence-electron chi connectivity index (χ2n) is 3.16. The van der Waals surface area contributed by atoms with Gasteiger partial charge in [-0.05, 0) is 12.1 Å². The van der Waals surface area contributed by atoms with E-state index in [4.69, 9.17) is 5.11 Å². The maximum atomic E-state index is 11.1.